The molecule has 2 aromatic carbocycles. The third-order valence-corrected chi connectivity index (χ3v) is 5.33. The first-order valence-electron chi connectivity index (χ1n) is 8.09. The summed E-state index contributed by atoms with van der Waals surface area (Å²) in [5.41, 5.74) is 2.78. The van der Waals surface area contributed by atoms with Crippen molar-refractivity contribution in [1.82, 2.24) is 10.3 Å². The fourth-order valence-corrected chi connectivity index (χ4v) is 3.64. The number of hydrogen-bond donors (Lipinski definition) is 1. The van der Waals surface area contributed by atoms with E-state index in [1.54, 1.807) is 54.7 Å². The van der Waals surface area contributed by atoms with Crippen molar-refractivity contribution in [1.29, 1.82) is 0 Å². The van der Waals surface area contributed by atoms with Crippen molar-refractivity contribution in [3.05, 3.63) is 72.6 Å². The maximum atomic E-state index is 12.6. The van der Waals surface area contributed by atoms with Crippen LogP contribution in [-0.4, -0.2) is 18.7 Å². The van der Waals surface area contributed by atoms with E-state index in [1.807, 2.05) is 6.92 Å². The fourth-order valence-electron chi connectivity index (χ4n) is 2.58. The number of anilines is 1. The Morgan fingerprint density at radius 1 is 0.852 bits per heavy atom. The second-order valence-corrected chi connectivity index (χ2v) is 7.60. The third-order valence-electron chi connectivity index (χ3n) is 3.94. The van der Waals surface area contributed by atoms with Gasteiger partial charge in [-0.05, 0) is 55.5 Å². The van der Waals surface area contributed by atoms with Crippen LogP contribution in [0, 0.1) is 6.92 Å². The molecule has 0 atom stereocenters. The molecule has 0 aliphatic rings. The number of aromatic nitrogens is 2. The smallest absolute Gasteiger partial charge is 0.261 e. The molecule has 4 rings (SSSR count). The third kappa shape index (κ3) is 3.61. The molecule has 0 aliphatic heterocycles. The summed E-state index contributed by atoms with van der Waals surface area (Å²) in [5, 5.41) is 7.48. The Bertz CT molecular complexity index is 1150. The van der Waals surface area contributed by atoms with Gasteiger partial charge in [0.25, 0.3) is 10.0 Å². The summed E-state index contributed by atoms with van der Waals surface area (Å²) in [4.78, 5) is 0.154. The van der Waals surface area contributed by atoms with Crippen LogP contribution in [0.15, 0.2) is 80.8 Å². The van der Waals surface area contributed by atoms with E-state index in [1.165, 1.54) is 12.1 Å². The molecule has 0 saturated heterocycles. The van der Waals surface area contributed by atoms with Crippen molar-refractivity contribution < 1.29 is 17.5 Å². The van der Waals surface area contributed by atoms with E-state index < -0.39 is 10.0 Å². The lowest BCUT2D eigenvalue weighted by Crippen LogP contribution is -2.12. The second-order valence-electron chi connectivity index (χ2n) is 5.92. The molecule has 0 radical (unpaired) electrons. The molecule has 0 unspecified atom stereocenters. The number of aryl methyl sites for hydroxylation is 1. The molecule has 7 nitrogen and oxygen atoms in total. The summed E-state index contributed by atoms with van der Waals surface area (Å²) in [6.45, 7) is 1.82. The lowest BCUT2D eigenvalue weighted by Gasteiger charge is -2.09. The van der Waals surface area contributed by atoms with Crippen molar-refractivity contribution >= 4 is 15.7 Å². The second kappa shape index (κ2) is 6.73. The van der Waals surface area contributed by atoms with Gasteiger partial charge < -0.3 is 9.05 Å². The number of hydrogen-bond acceptors (Lipinski definition) is 6. The average Bonchev–Trinajstić information content (AvgIpc) is 3.34. The lowest BCUT2D eigenvalue weighted by molar-refractivity contribution is 0.427. The molecule has 1 N–H and O–H groups in total. The van der Waals surface area contributed by atoms with Gasteiger partial charge in [-0.15, -0.1) is 0 Å². The minimum atomic E-state index is -3.71. The van der Waals surface area contributed by atoms with Crippen LogP contribution in [0.2, 0.25) is 0 Å². The molecule has 2 aromatic heterocycles. The van der Waals surface area contributed by atoms with Crippen molar-refractivity contribution in [2.45, 2.75) is 11.8 Å². The Balaban J connectivity index is 1.53. The molecule has 0 aliphatic carbocycles. The van der Waals surface area contributed by atoms with E-state index in [2.05, 4.69) is 15.0 Å². The highest BCUT2D eigenvalue weighted by molar-refractivity contribution is 7.92. The molecule has 136 valence electrons. The van der Waals surface area contributed by atoms with Gasteiger partial charge in [-0.1, -0.05) is 10.3 Å². The zero-order chi connectivity index (χ0) is 18.9. The maximum absolute atomic E-state index is 12.6. The summed E-state index contributed by atoms with van der Waals surface area (Å²) in [7, 11) is -3.71. The minimum absolute atomic E-state index is 0.154. The van der Waals surface area contributed by atoms with Gasteiger partial charge in [0.05, 0.1) is 16.8 Å². The van der Waals surface area contributed by atoms with Crippen LogP contribution >= 0.6 is 0 Å². The molecule has 0 spiro atoms. The van der Waals surface area contributed by atoms with E-state index in [9.17, 15) is 8.42 Å². The van der Waals surface area contributed by atoms with Crippen LogP contribution in [0.1, 0.15) is 5.69 Å². The predicted octanol–water partition coefficient (Wildman–Crippen LogP) is 4.11. The standard InChI is InChI=1S/C19H15N3O4S/c1-13-12-19(26-21-13)15-4-8-17(9-5-15)27(23,24)22-16-6-2-14(3-7-16)18-10-11-20-25-18/h2-12,22H,1H3. The minimum Gasteiger partial charge on any atom is -0.356 e. The molecule has 0 amide bonds. The largest absolute Gasteiger partial charge is 0.356 e. The first-order valence-corrected chi connectivity index (χ1v) is 9.57. The van der Waals surface area contributed by atoms with E-state index in [0.717, 1.165) is 16.8 Å². The molecule has 0 bridgehead atoms. The van der Waals surface area contributed by atoms with Crippen LogP contribution in [0.25, 0.3) is 22.6 Å². The van der Waals surface area contributed by atoms with E-state index in [0.29, 0.717) is 17.2 Å². The average molecular weight is 381 g/mol. The van der Waals surface area contributed by atoms with Crippen molar-refractivity contribution in [3.8, 4) is 22.6 Å². The van der Waals surface area contributed by atoms with Crippen molar-refractivity contribution in [3.63, 3.8) is 0 Å². The number of nitrogens with zero attached hydrogens (tertiary/aromatic N) is 2. The van der Waals surface area contributed by atoms with Crippen LogP contribution < -0.4 is 4.72 Å². The fraction of sp³-hybridized carbons (Fsp3) is 0.0526. The molecule has 0 saturated carbocycles. The Kier molecular flexibility index (Phi) is 4.25. The maximum Gasteiger partial charge on any atom is 0.261 e. The number of benzene rings is 2. The zero-order valence-corrected chi connectivity index (χ0v) is 15.1. The molecule has 0 fully saturated rings. The predicted molar refractivity (Wildman–Crippen MR) is 99.4 cm³/mol. The SMILES string of the molecule is Cc1cc(-c2ccc(S(=O)(=O)Nc3ccc(-c4ccno4)cc3)cc2)on1. The van der Waals surface area contributed by atoms with Gasteiger partial charge in [-0.3, -0.25) is 4.72 Å². The zero-order valence-electron chi connectivity index (χ0n) is 14.3. The first kappa shape index (κ1) is 17.0. The van der Waals surface area contributed by atoms with E-state index in [-0.39, 0.29) is 4.90 Å². The molecule has 27 heavy (non-hydrogen) atoms. The molecular weight excluding hydrogens is 366 g/mol. The summed E-state index contributed by atoms with van der Waals surface area (Å²) < 4.78 is 38.0. The highest BCUT2D eigenvalue weighted by Crippen LogP contribution is 2.25. The quantitative estimate of drug-likeness (QED) is 0.559. The number of sulfonamides is 1. The summed E-state index contributed by atoms with van der Waals surface area (Å²) in [6.07, 6.45) is 1.55. The highest BCUT2D eigenvalue weighted by atomic mass is 32.2. The lowest BCUT2D eigenvalue weighted by atomic mass is 10.1. The topological polar surface area (TPSA) is 98.2 Å². The molecule has 4 aromatic rings. The Labute approximate surface area is 155 Å². The van der Waals surface area contributed by atoms with Crippen LogP contribution in [0.5, 0.6) is 0 Å². The van der Waals surface area contributed by atoms with Gasteiger partial charge in [-0.2, -0.15) is 0 Å². The van der Waals surface area contributed by atoms with Gasteiger partial charge in [0.15, 0.2) is 11.5 Å². The van der Waals surface area contributed by atoms with Gasteiger partial charge in [-0.25, -0.2) is 8.42 Å². The number of rotatable bonds is 5. The Morgan fingerprint density at radius 2 is 1.52 bits per heavy atom. The van der Waals surface area contributed by atoms with E-state index >= 15 is 0 Å². The van der Waals surface area contributed by atoms with Gasteiger partial charge in [0, 0.05) is 28.9 Å². The van der Waals surface area contributed by atoms with Crippen molar-refractivity contribution in [2.24, 2.45) is 0 Å². The molecule has 8 heteroatoms. The normalized spacial score (nSPS) is 11.4. The highest BCUT2D eigenvalue weighted by Gasteiger charge is 2.15. The molecular formula is C19H15N3O4S. The van der Waals surface area contributed by atoms with E-state index in [4.69, 9.17) is 9.05 Å². The Morgan fingerprint density at radius 3 is 2.11 bits per heavy atom. The monoisotopic (exact) mass is 381 g/mol. The summed E-state index contributed by atoms with van der Waals surface area (Å²) in [5.74, 6) is 1.20. The number of nitrogens with one attached hydrogen (secondary N) is 1. The summed E-state index contributed by atoms with van der Waals surface area (Å²) in [6, 6.07) is 16.8. The van der Waals surface area contributed by atoms with Gasteiger partial charge in [0.2, 0.25) is 0 Å². The molecule has 2 heterocycles. The van der Waals surface area contributed by atoms with Crippen LogP contribution in [-0.2, 0) is 10.0 Å². The van der Waals surface area contributed by atoms with Crippen LogP contribution in [0.3, 0.4) is 0 Å². The van der Waals surface area contributed by atoms with Crippen LogP contribution in [0.4, 0.5) is 5.69 Å². The Hall–Kier alpha value is -3.39. The van der Waals surface area contributed by atoms with Crippen molar-refractivity contribution in [2.75, 3.05) is 4.72 Å². The summed E-state index contributed by atoms with van der Waals surface area (Å²) >= 11 is 0. The first-order chi connectivity index (χ1) is 13.0. The van der Waals surface area contributed by atoms with Gasteiger partial charge in [0.1, 0.15) is 0 Å². The van der Waals surface area contributed by atoms with Gasteiger partial charge >= 0.3 is 0 Å².